The van der Waals surface area contributed by atoms with Gasteiger partial charge < -0.3 is 14.7 Å². The Morgan fingerprint density at radius 1 is 1.29 bits per heavy atom. The molecule has 0 aromatic rings. The monoisotopic (exact) mass is 339 g/mol. The number of amides is 1. The summed E-state index contributed by atoms with van der Waals surface area (Å²) in [7, 11) is 0. The van der Waals surface area contributed by atoms with Gasteiger partial charge in [-0.1, -0.05) is 26.2 Å². The molecule has 0 aromatic heterocycles. The smallest absolute Gasteiger partial charge is 0.234 e. The Labute approximate surface area is 145 Å². The van der Waals surface area contributed by atoms with E-state index in [-0.39, 0.29) is 23.1 Å². The zero-order valence-corrected chi connectivity index (χ0v) is 15.6. The van der Waals surface area contributed by atoms with E-state index in [4.69, 9.17) is 4.74 Å². The standard InChI is InChI=1S/C19H33NO4/c1-5-24-13-9-12-20-17(22)15(14(2)18(20,3)4)16(21)19(23)10-7-6-8-11-19/h14-15,23H,5-13H2,1-4H3/t14-,15+/m1/s1. The third kappa shape index (κ3) is 3.52. The lowest BCUT2D eigenvalue weighted by molar-refractivity contribution is -0.151. The fourth-order valence-corrected chi connectivity index (χ4v) is 4.20. The molecule has 1 aliphatic carbocycles. The third-order valence-corrected chi connectivity index (χ3v) is 6.14. The zero-order valence-electron chi connectivity index (χ0n) is 15.6. The van der Waals surface area contributed by atoms with Crippen LogP contribution in [0.4, 0.5) is 0 Å². The maximum absolute atomic E-state index is 13.0. The van der Waals surface area contributed by atoms with Crippen LogP contribution in [0.25, 0.3) is 0 Å². The highest BCUT2D eigenvalue weighted by Gasteiger charge is 2.57. The fraction of sp³-hybridized carbons (Fsp3) is 0.895. The number of aliphatic hydroxyl groups is 1. The van der Waals surface area contributed by atoms with Crippen LogP contribution in [0, 0.1) is 11.8 Å². The first kappa shape index (κ1) is 19.4. The molecular weight excluding hydrogens is 306 g/mol. The number of likely N-dealkylation sites (tertiary alicyclic amines) is 1. The van der Waals surface area contributed by atoms with Crippen molar-refractivity contribution in [3.8, 4) is 0 Å². The van der Waals surface area contributed by atoms with Crippen LogP contribution in [0.15, 0.2) is 0 Å². The van der Waals surface area contributed by atoms with Gasteiger partial charge in [-0.2, -0.15) is 0 Å². The van der Waals surface area contributed by atoms with E-state index < -0.39 is 11.5 Å². The molecule has 138 valence electrons. The molecule has 0 unspecified atom stereocenters. The molecule has 5 heteroatoms. The molecular formula is C19H33NO4. The summed E-state index contributed by atoms with van der Waals surface area (Å²) in [4.78, 5) is 27.8. The number of hydrogen-bond acceptors (Lipinski definition) is 4. The number of ether oxygens (including phenoxy) is 1. The van der Waals surface area contributed by atoms with Crippen molar-refractivity contribution in [3.63, 3.8) is 0 Å². The van der Waals surface area contributed by atoms with Crippen molar-refractivity contribution in [2.24, 2.45) is 11.8 Å². The normalized spacial score (nSPS) is 29.0. The van der Waals surface area contributed by atoms with E-state index >= 15 is 0 Å². The minimum atomic E-state index is -1.30. The van der Waals surface area contributed by atoms with Gasteiger partial charge in [0.05, 0.1) is 0 Å². The Bertz CT molecular complexity index is 468. The number of Topliss-reactive ketones (excluding diaryl/α,β-unsaturated/α-hetero) is 1. The molecule has 1 heterocycles. The molecule has 0 aromatic carbocycles. The lowest BCUT2D eigenvalue weighted by atomic mass is 9.72. The summed E-state index contributed by atoms with van der Waals surface area (Å²) < 4.78 is 5.36. The molecule has 1 amide bonds. The molecule has 2 atom stereocenters. The lowest BCUT2D eigenvalue weighted by Gasteiger charge is -2.35. The van der Waals surface area contributed by atoms with Crippen LogP contribution >= 0.6 is 0 Å². The van der Waals surface area contributed by atoms with Gasteiger partial charge in [0.1, 0.15) is 11.5 Å². The molecule has 0 radical (unpaired) electrons. The van der Waals surface area contributed by atoms with E-state index in [1.807, 2.05) is 32.6 Å². The first-order valence-corrected chi connectivity index (χ1v) is 9.41. The Hall–Kier alpha value is -0.940. The van der Waals surface area contributed by atoms with Gasteiger partial charge in [-0.25, -0.2) is 0 Å². The highest BCUT2D eigenvalue weighted by atomic mass is 16.5. The molecule has 0 bridgehead atoms. The Balaban J connectivity index is 2.13. The topological polar surface area (TPSA) is 66.8 Å². The lowest BCUT2D eigenvalue weighted by Crippen LogP contribution is -2.47. The Morgan fingerprint density at radius 2 is 1.92 bits per heavy atom. The van der Waals surface area contributed by atoms with E-state index in [1.54, 1.807) is 0 Å². The van der Waals surface area contributed by atoms with Crippen molar-refractivity contribution in [1.82, 2.24) is 4.90 Å². The summed E-state index contributed by atoms with van der Waals surface area (Å²) in [5.74, 6) is -1.18. The van der Waals surface area contributed by atoms with Crippen molar-refractivity contribution in [1.29, 1.82) is 0 Å². The van der Waals surface area contributed by atoms with Gasteiger partial charge in [-0.15, -0.1) is 0 Å². The predicted octanol–water partition coefficient (Wildman–Crippen LogP) is 2.55. The molecule has 2 fully saturated rings. The second kappa shape index (κ2) is 7.52. The van der Waals surface area contributed by atoms with Gasteiger partial charge in [0.15, 0.2) is 5.78 Å². The Kier molecular flexibility index (Phi) is 6.08. The molecule has 2 rings (SSSR count). The minimum absolute atomic E-state index is 0.101. The van der Waals surface area contributed by atoms with Gasteiger partial charge in [0.25, 0.3) is 0 Å². The van der Waals surface area contributed by atoms with Gasteiger partial charge >= 0.3 is 0 Å². The number of carbonyl (C=O) groups excluding carboxylic acids is 2. The quantitative estimate of drug-likeness (QED) is 0.572. The molecule has 1 aliphatic heterocycles. The number of ketones is 1. The average Bonchev–Trinajstić information content (AvgIpc) is 2.70. The van der Waals surface area contributed by atoms with Crippen LogP contribution in [0.5, 0.6) is 0 Å². The van der Waals surface area contributed by atoms with Crippen molar-refractivity contribution >= 4 is 11.7 Å². The maximum Gasteiger partial charge on any atom is 0.234 e. The highest BCUT2D eigenvalue weighted by Crippen LogP contribution is 2.43. The molecule has 1 N–H and O–H groups in total. The van der Waals surface area contributed by atoms with Crippen molar-refractivity contribution in [2.45, 2.75) is 77.4 Å². The van der Waals surface area contributed by atoms with Crippen LogP contribution in [0.1, 0.15) is 66.2 Å². The summed E-state index contributed by atoms with van der Waals surface area (Å²) in [5, 5.41) is 10.8. The molecule has 1 saturated carbocycles. The number of rotatable bonds is 7. The van der Waals surface area contributed by atoms with Crippen LogP contribution in [0.3, 0.4) is 0 Å². The second-order valence-corrected chi connectivity index (χ2v) is 7.92. The molecule has 1 saturated heterocycles. The van der Waals surface area contributed by atoms with E-state index in [9.17, 15) is 14.7 Å². The van der Waals surface area contributed by atoms with Crippen molar-refractivity contribution < 1.29 is 19.4 Å². The summed E-state index contributed by atoms with van der Waals surface area (Å²) in [6, 6.07) is 0. The van der Waals surface area contributed by atoms with Crippen molar-refractivity contribution in [2.75, 3.05) is 19.8 Å². The maximum atomic E-state index is 13.0. The number of carbonyl (C=O) groups is 2. The van der Waals surface area contributed by atoms with Crippen LogP contribution in [-0.4, -0.2) is 52.6 Å². The highest BCUT2D eigenvalue weighted by molar-refractivity contribution is 6.07. The predicted molar refractivity (Wildman–Crippen MR) is 92.6 cm³/mol. The molecule has 2 aliphatic rings. The van der Waals surface area contributed by atoms with Gasteiger partial charge in [0, 0.05) is 25.3 Å². The van der Waals surface area contributed by atoms with E-state index in [2.05, 4.69) is 0 Å². The number of nitrogens with zero attached hydrogens (tertiary/aromatic N) is 1. The third-order valence-electron chi connectivity index (χ3n) is 6.14. The molecule has 24 heavy (non-hydrogen) atoms. The Morgan fingerprint density at radius 3 is 2.50 bits per heavy atom. The van der Waals surface area contributed by atoms with Gasteiger partial charge in [-0.05, 0) is 46.0 Å². The summed E-state index contributed by atoms with van der Waals surface area (Å²) >= 11 is 0. The first-order valence-electron chi connectivity index (χ1n) is 9.41. The van der Waals surface area contributed by atoms with E-state index in [0.29, 0.717) is 32.6 Å². The summed E-state index contributed by atoms with van der Waals surface area (Å²) in [6.45, 7) is 9.85. The van der Waals surface area contributed by atoms with Crippen LogP contribution < -0.4 is 0 Å². The van der Waals surface area contributed by atoms with E-state index in [1.165, 1.54) is 0 Å². The largest absolute Gasteiger partial charge is 0.382 e. The first-order chi connectivity index (χ1) is 11.3. The average molecular weight is 339 g/mol. The zero-order chi connectivity index (χ0) is 18.0. The molecule has 0 spiro atoms. The van der Waals surface area contributed by atoms with Crippen LogP contribution in [0.2, 0.25) is 0 Å². The van der Waals surface area contributed by atoms with Crippen molar-refractivity contribution in [3.05, 3.63) is 0 Å². The molecule has 5 nitrogen and oxygen atoms in total. The SMILES string of the molecule is CCOCCCN1C(=O)[C@H](C(=O)C2(O)CCCCC2)[C@@H](C)C1(C)C. The minimum Gasteiger partial charge on any atom is -0.382 e. The second-order valence-electron chi connectivity index (χ2n) is 7.92. The summed E-state index contributed by atoms with van der Waals surface area (Å²) in [5.41, 5.74) is -1.68. The fourth-order valence-electron chi connectivity index (χ4n) is 4.20. The van der Waals surface area contributed by atoms with Gasteiger partial charge in [-0.3, -0.25) is 9.59 Å². The van der Waals surface area contributed by atoms with Crippen LogP contribution in [-0.2, 0) is 14.3 Å². The summed E-state index contributed by atoms with van der Waals surface area (Å²) in [6.07, 6.45) is 4.53. The van der Waals surface area contributed by atoms with E-state index in [0.717, 1.165) is 25.7 Å². The van der Waals surface area contributed by atoms with Gasteiger partial charge in [0.2, 0.25) is 5.91 Å². The number of hydrogen-bond donors (Lipinski definition) is 1.